The molecule has 0 aliphatic heterocycles. The number of ether oxygens (including phenoxy) is 1. The number of nitrogens with zero attached hydrogens (tertiary/aromatic N) is 2. The van der Waals surface area contributed by atoms with E-state index in [1.54, 1.807) is 0 Å². The molecule has 0 atom stereocenters. The number of aliphatic hydroxyl groups is 1. The first-order valence-corrected chi connectivity index (χ1v) is 4.60. The largest absolute Gasteiger partial charge is 0.469 e. The van der Waals surface area contributed by atoms with Gasteiger partial charge in [-0.3, -0.25) is 0 Å². The number of aliphatic hydroxyl groups excluding tert-OH is 1. The Morgan fingerprint density at radius 1 is 1.50 bits per heavy atom. The Balaban J connectivity index is 2.41. The lowest BCUT2D eigenvalue weighted by molar-refractivity contribution is 0.267. The van der Waals surface area contributed by atoms with Crippen molar-refractivity contribution in [3.8, 4) is 5.19 Å². The van der Waals surface area contributed by atoms with E-state index in [1.807, 2.05) is 0 Å². The highest BCUT2D eigenvalue weighted by Crippen LogP contribution is 2.17. The van der Waals surface area contributed by atoms with Crippen LogP contribution in [0.1, 0.15) is 18.9 Å². The van der Waals surface area contributed by atoms with Crippen LogP contribution < -0.4 is 4.74 Å². The smallest absolute Gasteiger partial charge is 0.294 e. The molecule has 1 aromatic heterocycles. The molecule has 0 aromatic carbocycles. The molecule has 68 valence electrons. The summed E-state index contributed by atoms with van der Waals surface area (Å²) in [5.74, 6) is 0.478. The average Bonchev–Trinajstić information content (AvgIpc) is 2.48. The Morgan fingerprint density at radius 2 is 2.25 bits per heavy atom. The lowest BCUT2D eigenvalue weighted by atomic mass is 10.2. The molecule has 0 unspecified atom stereocenters. The summed E-state index contributed by atoms with van der Waals surface area (Å²) < 4.78 is 5.28. The van der Waals surface area contributed by atoms with Crippen molar-refractivity contribution < 1.29 is 9.84 Å². The van der Waals surface area contributed by atoms with E-state index in [2.05, 4.69) is 24.0 Å². The van der Waals surface area contributed by atoms with E-state index in [9.17, 15) is 0 Å². The van der Waals surface area contributed by atoms with Crippen molar-refractivity contribution in [1.82, 2.24) is 10.2 Å². The predicted molar refractivity (Wildman–Crippen MR) is 46.2 cm³/mol. The van der Waals surface area contributed by atoms with Crippen LogP contribution in [0.2, 0.25) is 0 Å². The molecule has 4 nitrogen and oxygen atoms in total. The molecule has 0 aliphatic carbocycles. The number of rotatable bonds is 4. The van der Waals surface area contributed by atoms with E-state index >= 15 is 0 Å². The summed E-state index contributed by atoms with van der Waals surface area (Å²) in [6, 6.07) is 0. The zero-order chi connectivity index (χ0) is 8.97. The fourth-order valence-corrected chi connectivity index (χ4v) is 1.15. The number of aromatic nitrogens is 2. The van der Waals surface area contributed by atoms with Crippen molar-refractivity contribution >= 4 is 11.3 Å². The maximum absolute atomic E-state index is 8.68. The van der Waals surface area contributed by atoms with Gasteiger partial charge >= 0.3 is 0 Å². The summed E-state index contributed by atoms with van der Waals surface area (Å²) >= 11 is 1.28. The van der Waals surface area contributed by atoms with Crippen molar-refractivity contribution in [1.29, 1.82) is 0 Å². The lowest BCUT2D eigenvalue weighted by Gasteiger charge is -2.02. The molecule has 5 heteroatoms. The van der Waals surface area contributed by atoms with E-state index in [0.29, 0.717) is 22.7 Å². The second-order valence-corrected chi connectivity index (χ2v) is 3.85. The topological polar surface area (TPSA) is 55.2 Å². The van der Waals surface area contributed by atoms with Crippen LogP contribution in [-0.2, 0) is 6.61 Å². The molecular formula is C7H12N2O2S. The molecule has 0 aliphatic rings. The van der Waals surface area contributed by atoms with Crippen molar-refractivity contribution in [2.45, 2.75) is 20.5 Å². The van der Waals surface area contributed by atoms with Gasteiger partial charge in [-0.1, -0.05) is 30.3 Å². The van der Waals surface area contributed by atoms with Gasteiger partial charge in [0.2, 0.25) is 0 Å². The van der Waals surface area contributed by atoms with E-state index in [1.165, 1.54) is 11.3 Å². The van der Waals surface area contributed by atoms with Crippen molar-refractivity contribution in [2.75, 3.05) is 6.61 Å². The van der Waals surface area contributed by atoms with Crippen LogP contribution >= 0.6 is 11.3 Å². The first-order valence-electron chi connectivity index (χ1n) is 3.78. The third kappa shape index (κ3) is 2.75. The van der Waals surface area contributed by atoms with Crippen LogP contribution in [0.3, 0.4) is 0 Å². The van der Waals surface area contributed by atoms with Gasteiger partial charge in [0.1, 0.15) is 5.01 Å². The van der Waals surface area contributed by atoms with Crippen LogP contribution in [0.5, 0.6) is 5.19 Å². The van der Waals surface area contributed by atoms with Gasteiger partial charge in [0.05, 0.1) is 13.2 Å². The highest BCUT2D eigenvalue weighted by atomic mass is 32.1. The van der Waals surface area contributed by atoms with Crippen LogP contribution in [0.25, 0.3) is 0 Å². The molecule has 0 saturated carbocycles. The van der Waals surface area contributed by atoms with E-state index in [0.717, 1.165) is 0 Å². The third-order valence-corrected chi connectivity index (χ3v) is 1.94. The van der Waals surface area contributed by atoms with Crippen LogP contribution in [-0.4, -0.2) is 21.9 Å². The molecule has 1 aromatic rings. The highest BCUT2D eigenvalue weighted by Gasteiger charge is 2.04. The zero-order valence-corrected chi connectivity index (χ0v) is 7.97. The Bertz CT molecular complexity index is 237. The zero-order valence-electron chi connectivity index (χ0n) is 7.15. The van der Waals surface area contributed by atoms with Crippen molar-refractivity contribution in [3.63, 3.8) is 0 Å². The molecule has 0 bridgehead atoms. The van der Waals surface area contributed by atoms with Gasteiger partial charge in [-0.05, 0) is 5.92 Å². The summed E-state index contributed by atoms with van der Waals surface area (Å²) in [4.78, 5) is 0. The first-order chi connectivity index (χ1) is 5.72. The summed E-state index contributed by atoms with van der Waals surface area (Å²) in [5.41, 5.74) is 0. The Kier molecular flexibility index (Phi) is 3.43. The van der Waals surface area contributed by atoms with Crippen molar-refractivity contribution in [3.05, 3.63) is 5.01 Å². The highest BCUT2D eigenvalue weighted by molar-refractivity contribution is 7.13. The Labute approximate surface area is 75.2 Å². The van der Waals surface area contributed by atoms with Gasteiger partial charge in [0, 0.05) is 0 Å². The number of hydrogen-bond donors (Lipinski definition) is 1. The Morgan fingerprint density at radius 3 is 2.75 bits per heavy atom. The molecule has 0 fully saturated rings. The molecular weight excluding hydrogens is 176 g/mol. The predicted octanol–water partition coefficient (Wildman–Crippen LogP) is 1.07. The summed E-state index contributed by atoms with van der Waals surface area (Å²) in [5, 5.41) is 17.3. The first kappa shape index (κ1) is 9.41. The van der Waals surface area contributed by atoms with Crippen LogP contribution in [0, 0.1) is 5.92 Å². The molecule has 0 spiro atoms. The molecule has 1 N–H and O–H groups in total. The van der Waals surface area contributed by atoms with E-state index in [-0.39, 0.29) is 6.61 Å². The third-order valence-electron chi connectivity index (χ3n) is 1.12. The standard InChI is InChI=1S/C7H12N2O2S/c1-5(2)4-11-7-9-8-6(3-10)12-7/h5,10H,3-4H2,1-2H3. The second-order valence-electron chi connectivity index (χ2n) is 2.82. The van der Waals surface area contributed by atoms with Gasteiger partial charge in [-0.15, -0.1) is 5.10 Å². The van der Waals surface area contributed by atoms with Gasteiger partial charge in [0.15, 0.2) is 0 Å². The fourth-order valence-electron chi connectivity index (χ4n) is 0.598. The summed E-state index contributed by atoms with van der Waals surface area (Å²) in [6.07, 6.45) is 0. The molecule has 1 rings (SSSR count). The van der Waals surface area contributed by atoms with Crippen molar-refractivity contribution in [2.24, 2.45) is 5.92 Å². The van der Waals surface area contributed by atoms with E-state index in [4.69, 9.17) is 9.84 Å². The minimum absolute atomic E-state index is 0.0668. The molecule has 1 heterocycles. The van der Waals surface area contributed by atoms with Crippen LogP contribution in [0.4, 0.5) is 0 Å². The minimum Gasteiger partial charge on any atom is -0.469 e. The Hall–Kier alpha value is -0.680. The quantitative estimate of drug-likeness (QED) is 0.767. The average molecular weight is 188 g/mol. The van der Waals surface area contributed by atoms with Gasteiger partial charge < -0.3 is 9.84 Å². The molecule has 0 saturated heterocycles. The van der Waals surface area contributed by atoms with Gasteiger partial charge in [0.25, 0.3) is 5.19 Å². The normalized spacial score (nSPS) is 10.7. The molecule has 0 amide bonds. The second kappa shape index (κ2) is 4.37. The van der Waals surface area contributed by atoms with Gasteiger partial charge in [-0.2, -0.15) is 0 Å². The fraction of sp³-hybridized carbons (Fsp3) is 0.714. The summed E-state index contributed by atoms with van der Waals surface area (Å²) in [7, 11) is 0. The molecule has 12 heavy (non-hydrogen) atoms. The van der Waals surface area contributed by atoms with Crippen LogP contribution in [0.15, 0.2) is 0 Å². The lowest BCUT2D eigenvalue weighted by Crippen LogP contribution is -2.03. The number of hydrogen-bond acceptors (Lipinski definition) is 5. The maximum Gasteiger partial charge on any atom is 0.294 e. The SMILES string of the molecule is CC(C)COc1nnc(CO)s1. The monoisotopic (exact) mass is 188 g/mol. The minimum atomic E-state index is -0.0668. The summed E-state index contributed by atoms with van der Waals surface area (Å²) in [6.45, 7) is 4.70. The van der Waals surface area contributed by atoms with Gasteiger partial charge in [-0.25, -0.2) is 0 Å². The van der Waals surface area contributed by atoms with E-state index < -0.39 is 0 Å². The molecule has 0 radical (unpaired) electrons. The maximum atomic E-state index is 8.68.